The Labute approximate surface area is 211 Å². The van der Waals surface area contributed by atoms with Crippen molar-refractivity contribution in [3.8, 4) is 11.5 Å². The third-order valence-electron chi connectivity index (χ3n) is 6.40. The molecule has 1 unspecified atom stereocenters. The number of amides is 1. The third kappa shape index (κ3) is 4.85. The molecule has 1 saturated heterocycles. The van der Waals surface area contributed by atoms with E-state index in [4.69, 9.17) is 9.47 Å². The lowest BCUT2D eigenvalue weighted by molar-refractivity contribution is -0.140. The Morgan fingerprint density at radius 2 is 1.72 bits per heavy atom. The number of nitrogens with zero attached hydrogens (tertiary/aromatic N) is 1. The lowest BCUT2D eigenvalue weighted by Gasteiger charge is -2.26. The van der Waals surface area contributed by atoms with Crippen LogP contribution in [0.4, 0.5) is 0 Å². The van der Waals surface area contributed by atoms with Gasteiger partial charge in [0.05, 0.1) is 31.4 Å². The minimum Gasteiger partial charge on any atom is -0.507 e. The molecule has 3 aromatic carbocycles. The van der Waals surface area contributed by atoms with Gasteiger partial charge in [-0.3, -0.25) is 9.59 Å². The fourth-order valence-electron chi connectivity index (χ4n) is 4.48. The molecule has 6 heteroatoms. The van der Waals surface area contributed by atoms with Crippen LogP contribution in [-0.2, 0) is 16.1 Å². The second kappa shape index (κ2) is 10.3. The van der Waals surface area contributed by atoms with E-state index in [1.807, 2.05) is 88.4 Å². The van der Waals surface area contributed by atoms with E-state index < -0.39 is 17.7 Å². The number of hydrogen-bond acceptors (Lipinski definition) is 5. The largest absolute Gasteiger partial charge is 0.507 e. The van der Waals surface area contributed by atoms with Crippen molar-refractivity contribution < 1.29 is 24.2 Å². The summed E-state index contributed by atoms with van der Waals surface area (Å²) >= 11 is 0. The molecular formula is C30H31NO5. The molecule has 1 amide bonds. The van der Waals surface area contributed by atoms with Gasteiger partial charge in [-0.05, 0) is 68.7 Å². The minimum atomic E-state index is -0.799. The van der Waals surface area contributed by atoms with Crippen molar-refractivity contribution in [3.05, 3.63) is 100 Å². The molecule has 4 rings (SSSR count). The summed E-state index contributed by atoms with van der Waals surface area (Å²) < 4.78 is 11.4. The molecule has 186 valence electrons. The number of ether oxygens (including phenoxy) is 2. The molecule has 1 atom stereocenters. The van der Waals surface area contributed by atoms with E-state index in [1.165, 1.54) is 4.90 Å². The normalized spacial score (nSPS) is 17.1. The lowest BCUT2D eigenvalue weighted by Crippen LogP contribution is -2.29. The summed E-state index contributed by atoms with van der Waals surface area (Å²) in [6.07, 6.45) is -0.0456. The van der Waals surface area contributed by atoms with Gasteiger partial charge in [-0.1, -0.05) is 42.5 Å². The molecule has 1 N–H and O–H groups in total. The first-order valence-electron chi connectivity index (χ1n) is 12.0. The van der Waals surface area contributed by atoms with Crippen molar-refractivity contribution >= 4 is 17.4 Å². The molecular weight excluding hydrogens is 454 g/mol. The maximum atomic E-state index is 13.4. The zero-order valence-corrected chi connectivity index (χ0v) is 21.2. The zero-order chi connectivity index (χ0) is 26.0. The predicted octanol–water partition coefficient (Wildman–Crippen LogP) is 5.72. The molecule has 0 aromatic heterocycles. The van der Waals surface area contributed by atoms with Crippen LogP contribution in [0.5, 0.6) is 11.5 Å². The summed E-state index contributed by atoms with van der Waals surface area (Å²) in [7, 11) is 1.57. The summed E-state index contributed by atoms with van der Waals surface area (Å²) in [6, 6.07) is 19.4. The molecule has 1 fully saturated rings. The number of benzene rings is 3. The van der Waals surface area contributed by atoms with Crippen LogP contribution in [0.25, 0.3) is 5.76 Å². The van der Waals surface area contributed by atoms with Crippen LogP contribution in [0.3, 0.4) is 0 Å². The van der Waals surface area contributed by atoms with Gasteiger partial charge < -0.3 is 19.5 Å². The first-order valence-corrected chi connectivity index (χ1v) is 12.0. The van der Waals surface area contributed by atoms with Crippen LogP contribution in [0.2, 0.25) is 0 Å². The van der Waals surface area contributed by atoms with Gasteiger partial charge in [0.2, 0.25) is 0 Å². The van der Waals surface area contributed by atoms with Gasteiger partial charge in [-0.25, -0.2) is 0 Å². The Kier molecular flexibility index (Phi) is 7.15. The fourth-order valence-corrected chi connectivity index (χ4v) is 4.48. The van der Waals surface area contributed by atoms with Gasteiger partial charge in [0, 0.05) is 11.1 Å². The van der Waals surface area contributed by atoms with Crippen molar-refractivity contribution in [2.75, 3.05) is 7.11 Å². The monoisotopic (exact) mass is 485 g/mol. The maximum absolute atomic E-state index is 13.4. The summed E-state index contributed by atoms with van der Waals surface area (Å²) in [5.74, 6) is -0.354. The van der Waals surface area contributed by atoms with Gasteiger partial charge >= 0.3 is 0 Å². The van der Waals surface area contributed by atoms with Crippen molar-refractivity contribution in [1.82, 2.24) is 4.90 Å². The quantitative estimate of drug-likeness (QED) is 0.263. The number of para-hydroxylation sites is 1. The number of aliphatic hydroxyl groups is 1. The van der Waals surface area contributed by atoms with Gasteiger partial charge in [-0.15, -0.1) is 0 Å². The van der Waals surface area contributed by atoms with Crippen LogP contribution in [0.1, 0.15) is 47.7 Å². The van der Waals surface area contributed by atoms with Crippen LogP contribution in [0.15, 0.2) is 72.3 Å². The average Bonchev–Trinajstić information content (AvgIpc) is 3.10. The van der Waals surface area contributed by atoms with Crippen molar-refractivity contribution in [2.45, 2.75) is 46.4 Å². The number of methoxy groups -OCH3 is 1. The molecule has 36 heavy (non-hydrogen) atoms. The number of rotatable bonds is 7. The van der Waals surface area contributed by atoms with Crippen LogP contribution in [0, 0.1) is 13.8 Å². The Balaban J connectivity index is 1.89. The van der Waals surface area contributed by atoms with E-state index >= 15 is 0 Å². The highest BCUT2D eigenvalue weighted by Gasteiger charge is 2.46. The number of aliphatic hydroxyl groups excluding tert-OH is 1. The van der Waals surface area contributed by atoms with Gasteiger partial charge in [0.25, 0.3) is 11.7 Å². The van der Waals surface area contributed by atoms with Crippen LogP contribution in [-0.4, -0.2) is 34.9 Å². The second-order valence-corrected chi connectivity index (χ2v) is 9.28. The van der Waals surface area contributed by atoms with E-state index in [2.05, 4.69) is 0 Å². The summed E-state index contributed by atoms with van der Waals surface area (Å²) in [5.41, 5.74) is 4.03. The molecule has 1 heterocycles. The molecule has 0 radical (unpaired) electrons. The van der Waals surface area contributed by atoms with Gasteiger partial charge in [-0.2, -0.15) is 0 Å². The smallest absolute Gasteiger partial charge is 0.295 e. The van der Waals surface area contributed by atoms with E-state index in [0.29, 0.717) is 22.6 Å². The number of Topliss-reactive ketones (excluding diaryl/α,β-unsaturated/α-hetero) is 1. The predicted molar refractivity (Wildman–Crippen MR) is 139 cm³/mol. The SMILES string of the molecule is COc1ccccc1CN1C(=O)C(=O)/C(=C(\O)c2ccc(C)c(C)c2)C1c1cccc(OC(C)C)c1. The van der Waals surface area contributed by atoms with Gasteiger partial charge in [0.1, 0.15) is 17.3 Å². The molecule has 0 spiro atoms. The minimum absolute atomic E-state index is 0.0456. The number of hydrogen-bond donors (Lipinski definition) is 1. The topological polar surface area (TPSA) is 76.1 Å². The molecule has 3 aromatic rings. The Bertz CT molecular complexity index is 1340. The molecule has 0 aliphatic carbocycles. The maximum Gasteiger partial charge on any atom is 0.295 e. The highest BCUT2D eigenvalue weighted by atomic mass is 16.5. The number of ketones is 1. The molecule has 0 bridgehead atoms. The van der Waals surface area contributed by atoms with E-state index in [-0.39, 0.29) is 24.0 Å². The van der Waals surface area contributed by atoms with Gasteiger partial charge in [0.15, 0.2) is 0 Å². The Morgan fingerprint density at radius 3 is 2.42 bits per heavy atom. The summed E-state index contributed by atoms with van der Waals surface area (Å²) in [5, 5.41) is 11.4. The van der Waals surface area contributed by atoms with Crippen molar-refractivity contribution in [1.29, 1.82) is 0 Å². The Morgan fingerprint density at radius 1 is 0.972 bits per heavy atom. The standard InChI is InChI=1S/C30H31NO5/c1-18(2)36-24-11-8-10-21(16-24)27-26(28(32)22-14-13-19(3)20(4)15-22)29(33)30(34)31(27)17-23-9-6-7-12-25(23)35-5/h6-16,18,27,32H,17H2,1-5H3/b28-26-. The number of likely N-dealkylation sites (tertiary alicyclic amines) is 1. The number of aryl methyl sites for hydroxylation is 2. The van der Waals surface area contributed by atoms with Crippen molar-refractivity contribution in [3.63, 3.8) is 0 Å². The molecule has 1 aliphatic rings. The highest BCUT2D eigenvalue weighted by Crippen LogP contribution is 2.42. The average molecular weight is 486 g/mol. The van der Waals surface area contributed by atoms with E-state index in [1.54, 1.807) is 13.2 Å². The first-order chi connectivity index (χ1) is 17.2. The van der Waals surface area contributed by atoms with E-state index in [0.717, 1.165) is 16.7 Å². The highest BCUT2D eigenvalue weighted by molar-refractivity contribution is 6.46. The third-order valence-corrected chi connectivity index (χ3v) is 6.40. The summed E-state index contributed by atoms with van der Waals surface area (Å²) in [6.45, 7) is 7.92. The first kappa shape index (κ1) is 25.0. The number of carbonyl (C=O) groups is 2. The fraction of sp³-hybridized carbons (Fsp3) is 0.267. The van der Waals surface area contributed by atoms with Crippen LogP contribution >= 0.6 is 0 Å². The lowest BCUT2D eigenvalue weighted by atomic mass is 9.94. The second-order valence-electron chi connectivity index (χ2n) is 9.28. The molecule has 6 nitrogen and oxygen atoms in total. The number of carbonyl (C=O) groups excluding carboxylic acids is 2. The Hall–Kier alpha value is -4.06. The van der Waals surface area contributed by atoms with Crippen LogP contribution < -0.4 is 9.47 Å². The molecule has 0 saturated carbocycles. The zero-order valence-electron chi connectivity index (χ0n) is 21.2. The van der Waals surface area contributed by atoms with Crippen molar-refractivity contribution in [2.24, 2.45) is 0 Å². The molecule has 1 aliphatic heterocycles. The summed E-state index contributed by atoms with van der Waals surface area (Å²) in [4.78, 5) is 28.3. The van der Waals surface area contributed by atoms with E-state index in [9.17, 15) is 14.7 Å².